The van der Waals surface area contributed by atoms with Crippen molar-refractivity contribution in [3.05, 3.63) is 0 Å². The first-order chi connectivity index (χ1) is 12.3. The Bertz CT molecular complexity index is 272. The van der Waals surface area contributed by atoms with Crippen LogP contribution in [0.25, 0.3) is 0 Å². The number of amides is 1. The molecule has 0 saturated carbocycles. The zero-order valence-corrected chi connectivity index (χ0v) is 16.9. The smallest absolute Gasteiger partial charge is 0.220 e. The molecule has 0 unspecified atom stereocenters. The fraction of sp³-hybridized carbons (Fsp3) is 0.952. The van der Waals surface area contributed by atoms with Crippen LogP contribution in [0.3, 0.4) is 0 Å². The largest absolute Gasteiger partial charge is 0.355 e. The van der Waals surface area contributed by atoms with Gasteiger partial charge in [0.1, 0.15) is 0 Å². The third-order valence-electron chi connectivity index (χ3n) is 4.70. The van der Waals surface area contributed by atoms with E-state index in [1.165, 1.54) is 83.5 Å². The molecule has 4 N–H and O–H groups in total. The molecule has 0 aliphatic rings. The van der Waals surface area contributed by atoms with Gasteiger partial charge in [0, 0.05) is 32.6 Å². The van der Waals surface area contributed by atoms with Crippen LogP contribution in [0.1, 0.15) is 103 Å². The minimum absolute atomic E-state index is 0.188. The van der Waals surface area contributed by atoms with Gasteiger partial charge in [0.05, 0.1) is 0 Å². The van der Waals surface area contributed by atoms with Crippen LogP contribution in [-0.2, 0) is 4.79 Å². The van der Waals surface area contributed by atoms with Crippen molar-refractivity contribution >= 4 is 5.91 Å². The minimum Gasteiger partial charge on any atom is -0.355 e. The predicted molar refractivity (Wildman–Crippen MR) is 110 cm³/mol. The lowest BCUT2D eigenvalue weighted by Crippen LogP contribution is -2.33. The molecule has 0 radical (unpaired) electrons. The van der Waals surface area contributed by atoms with Gasteiger partial charge in [-0.2, -0.15) is 0 Å². The van der Waals surface area contributed by atoms with Gasteiger partial charge in [-0.05, 0) is 6.42 Å². The SMILES string of the molecule is CCCCCCCCCCCCCCCCC(=O)NCCNCCN. The lowest BCUT2D eigenvalue weighted by Gasteiger charge is -2.06. The molecule has 4 nitrogen and oxygen atoms in total. The second kappa shape index (κ2) is 21.4. The van der Waals surface area contributed by atoms with E-state index in [0.717, 1.165) is 19.5 Å². The number of nitrogens with one attached hydrogen (secondary N) is 2. The topological polar surface area (TPSA) is 67.2 Å². The summed E-state index contributed by atoms with van der Waals surface area (Å²) in [4.78, 5) is 11.6. The summed E-state index contributed by atoms with van der Waals surface area (Å²) < 4.78 is 0. The highest BCUT2D eigenvalue weighted by atomic mass is 16.1. The van der Waals surface area contributed by atoms with Gasteiger partial charge in [-0.1, -0.05) is 90.4 Å². The third-order valence-corrected chi connectivity index (χ3v) is 4.70. The Hall–Kier alpha value is -0.610. The molecule has 150 valence electrons. The van der Waals surface area contributed by atoms with E-state index >= 15 is 0 Å². The Morgan fingerprint density at radius 3 is 1.64 bits per heavy atom. The van der Waals surface area contributed by atoms with Gasteiger partial charge in [0.25, 0.3) is 0 Å². The first kappa shape index (κ1) is 24.4. The van der Waals surface area contributed by atoms with Crippen LogP contribution < -0.4 is 16.4 Å². The van der Waals surface area contributed by atoms with Crippen LogP contribution in [0.15, 0.2) is 0 Å². The quantitative estimate of drug-likeness (QED) is 0.281. The number of rotatable bonds is 20. The van der Waals surface area contributed by atoms with Gasteiger partial charge in [0.2, 0.25) is 5.91 Å². The fourth-order valence-electron chi connectivity index (χ4n) is 3.09. The van der Waals surface area contributed by atoms with E-state index in [0.29, 0.717) is 19.5 Å². The molecule has 0 aliphatic heterocycles. The van der Waals surface area contributed by atoms with Crippen molar-refractivity contribution in [1.82, 2.24) is 10.6 Å². The zero-order chi connectivity index (χ0) is 18.4. The van der Waals surface area contributed by atoms with Crippen LogP contribution in [0, 0.1) is 0 Å². The van der Waals surface area contributed by atoms with Crippen molar-refractivity contribution in [3.8, 4) is 0 Å². The Kier molecular flexibility index (Phi) is 20.9. The van der Waals surface area contributed by atoms with Gasteiger partial charge in [-0.15, -0.1) is 0 Å². The molecule has 0 spiro atoms. The summed E-state index contributed by atoms with van der Waals surface area (Å²) in [5, 5.41) is 6.12. The van der Waals surface area contributed by atoms with Crippen molar-refractivity contribution < 1.29 is 4.79 Å². The van der Waals surface area contributed by atoms with E-state index in [-0.39, 0.29) is 5.91 Å². The summed E-state index contributed by atoms with van der Waals surface area (Å²) in [6.07, 6.45) is 19.6. The van der Waals surface area contributed by atoms with Gasteiger partial charge < -0.3 is 16.4 Å². The second-order valence-corrected chi connectivity index (χ2v) is 7.23. The molecule has 0 bridgehead atoms. The van der Waals surface area contributed by atoms with Crippen LogP contribution in [0.5, 0.6) is 0 Å². The van der Waals surface area contributed by atoms with Crippen LogP contribution in [0.2, 0.25) is 0 Å². The molecule has 4 heteroatoms. The average molecular weight is 356 g/mol. The number of hydrogen-bond donors (Lipinski definition) is 3. The molecule has 0 aromatic rings. The first-order valence-electron chi connectivity index (χ1n) is 11.0. The zero-order valence-electron chi connectivity index (χ0n) is 16.9. The number of hydrogen-bond acceptors (Lipinski definition) is 3. The van der Waals surface area contributed by atoms with Crippen molar-refractivity contribution in [3.63, 3.8) is 0 Å². The normalized spacial score (nSPS) is 11.0. The van der Waals surface area contributed by atoms with E-state index in [4.69, 9.17) is 5.73 Å². The highest BCUT2D eigenvalue weighted by Gasteiger charge is 2.00. The van der Waals surface area contributed by atoms with Gasteiger partial charge >= 0.3 is 0 Å². The maximum Gasteiger partial charge on any atom is 0.220 e. The van der Waals surface area contributed by atoms with Crippen LogP contribution >= 0.6 is 0 Å². The molecule has 1 amide bonds. The standard InChI is InChI=1S/C21H45N3O/c1-2-3-4-5-6-7-8-9-10-11-12-13-14-15-16-21(25)24-20-19-23-18-17-22/h23H,2-20,22H2,1H3,(H,24,25). The van der Waals surface area contributed by atoms with Crippen molar-refractivity contribution in [2.75, 3.05) is 26.2 Å². The minimum atomic E-state index is 0.188. The monoisotopic (exact) mass is 355 g/mol. The fourth-order valence-corrected chi connectivity index (χ4v) is 3.09. The van der Waals surface area contributed by atoms with Gasteiger partial charge in [0.15, 0.2) is 0 Å². The Labute approximate surface area is 157 Å². The van der Waals surface area contributed by atoms with Crippen molar-refractivity contribution in [2.24, 2.45) is 5.73 Å². The van der Waals surface area contributed by atoms with E-state index < -0.39 is 0 Å². The average Bonchev–Trinajstić information content (AvgIpc) is 2.62. The number of carbonyl (C=O) groups is 1. The Morgan fingerprint density at radius 2 is 1.16 bits per heavy atom. The molecular formula is C21H45N3O. The molecule has 0 saturated heterocycles. The van der Waals surface area contributed by atoms with Gasteiger partial charge in [-0.25, -0.2) is 0 Å². The van der Waals surface area contributed by atoms with Gasteiger partial charge in [-0.3, -0.25) is 4.79 Å². The molecule has 0 fully saturated rings. The molecular weight excluding hydrogens is 310 g/mol. The summed E-state index contributed by atoms with van der Waals surface area (Å²) in [7, 11) is 0. The first-order valence-corrected chi connectivity index (χ1v) is 11.0. The summed E-state index contributed by atoms with van der Waals surface area (Å²) in [6, 6.07) is 0. The third kappa shape index (κ3) is 21.3. The molecule has 0 aromatic carbocycles. The molecule has 0 aromatic heterocycles. The van der Waals surface area contributed by atoms with E-state index in [1.807, 2.05) is 0 Å². The second-order valence-electron chi connectivity index (χ2n) is 7.23. The summed E-state index contributed by atoms with van der Waals surface area (Å²) in [6.45, 7) is 5.25. The Balaban J connectivity index is 3.09. The molecule has 0 rings (SSSR count). The summed E-state index contributed by atoms with van der Waals surface area (Å²) in [5.74, 6) is 0.188. The summed E-state index contributed by atoms with van der Waals surface area (Å²) in [5.41, 5.74) is 5.39. The Morgan fingerprint density at radius 1 is 0.680 bits per heavy atom. The van der Waals surface area contributed by atoms with Crippen LogP contribution in [0.4, 0.5) is 0 Å². The highest BCUT2D eigenvalue weighted by Crippen LogP contribution is 2.13. The molecule has 0 atom stereocenters. The predicted octanol–water partition coefficient (Wildman–Crippen LogP) is 4.52. The number of unbranched alkanes of at least 4 members (excludes halogenated alkanes) is 13. The van der Waals surface area contributed by atoms with E-state index in [2.05, 4.69) is 17.6 Å². The maximum atomic E-state index is 11.6. The van der Waals surface area contributed by atoms with E-state index in [1.54, 1.807) is 0 Å². The molecule has 25 heavy (non-hydrogen) atoms. The molecule has 0 aliphatic carbocycles. The summed E-state index contributed by atoms with van der Waals surface area (Å²) >= 11 is 0. The maximum absolute atomic E-state index is 11.6. The lowest BCUT2D eigenvalue weighted by molar-refractivity contribution is -0.121. The highest BCUT2D eigenvalue weighted by molar-refractivity contribution is 5.75. The van der Waals surface area contributed by atoms with Crippen molar-refractivity contribution in [1.29, 1.82) is 0 Å². The molecule has 0 heterocycles. The van der Waals surface area contributed by atoms with Crippen LogP contribution in [-0.4, -0.2) is 32.1 Å². The lowest BCUT2D eigenvalue weighted by atomic mass is 10.0. The van der Waals surface area contributed by atoms with E-state index in [9.17, 15) is 4.79 Å². The van der Waals surface area contributed by atoms with Crippen molar-refractivity contribution in [2.45, 2.75) is 103 Å². The number of nitrogens with two attached hydrogens (primary N) is 1. The number of carbonyl (C=O) groups excluding carboxylic acids is 1.